The summed E-state index contributed by atoms with van der Waals surface area (Å²) in [6.07, 6.45) is 0. The Kier molecular flexibility index (Phi) is 5.17. The van der Waals surface area contributed by atoms with Gasteiger partial charge < -0.3 is 11.1 Å². The van der Waals surface area contributed by atoms with Gasteiger partial charge in [-0.15, -0.1) is 11.8 Å². The molecule has 0 radical (unpaired) electrons. The van der Waals surface area contributed by atoms with Gasteiger partial charge in [-0.25, -0.2) is 0 Å². The molecule has 0 aliphatic heterocycles. The summed E-state index contributed by atoms with van der Waals surface area (Å²) >= 11 is 13.2. The van der Waals surface area contributed by atoms with Gasteiger partial charge in [-0.05, 0) is 42.5 Å². The third-order valence-electron chi connectivity index (χ3n) is 2.46. The van der Waals surface area contributed by atoms with Crippen LogP contribution in [0.2, 0.25) is 10.0 Å². The number of carbonyl (C=O) groups excluding carboxylic acids is 1. The van der Waals surface area contributed by atoms with Crippen LogP contribution in [0.5, 0.6) is 0 Å². The van der Waals surface area contributed by atoms with E-state index in [9.17, 15) is 4.79 Å². The molecule has 0 atom stereocenters. The van der Waals surface area contributed by atoms with Gasteiger partial charge >= 0.3 is 0 Å². The molecule has 0 saturated heterocycles. The first kappa shape index (κ1) is 15.0. The number of thioether (sulfide) groups is 1. The van der Waals surface area contributed by atoms with E-state index >= 15 is 0 Å². The number of hydrogen-bond acceptors (Lipinski definition) is 3. The Morgan fingerprint density at radius 3 is 2.50 bits per heavy atom. The minimum Gasteiger partial charge on any atom is -0.399 e. The molecule has 6 heteroatoms. The molecule has 1 amide bonds. The maximum atomic E-state index is 11.8. The predicted molar refractivity (Wildman–Crippen MR) is 86.7 cm³/mol. The van der Waals surface area contributed by atoms with Crippen LogP contribution in [0, 0.1) is 0 Å². The highest BCUT2D eigenvalue weighted by molar-refractivity contribution is 8.00. The Morgan fingerprint density at radius 1 is 1.15 bits per heavy atom. The standard InChI is InChI=1S/C14H12Cl2N2OS/c15-9-1-6-13(12(16)7-9)18-14(19)8-20-11-4-2-10(17)3-5-11/h1-7H,8,17H2,(H,18,19). The molecule has 20 heavy (non-hydrogen) atoms. The van der Waals surface area contributed by atoms with Crippen molar-refractivity contribution in [1.82, 2.24) is 0 Å². The summed E-state index contributed by atoms with van der Waals surface area (Å²) in [6, 6.07) is 12.3. The van der Waals surface area contributed by atoms with Gasteiger partial charge in [-0.3, -0.25) is 4.79 Å². The van der Waals surface area contributed by atoms with E-state index in [-0.39, 0.29) is 5.91 Å². The molecular weight excluding hydrogens is 315 g/mol. The van der Waals surface area contributed by atoms with Crippen LogP contribution in [-0.4, -0.2) is 11.7 Å². The predicted octanol–water partition coefficient (Wildman–Crippen LogP) is 4.31. The minimum absolute atomic E-state index is 0.129. The van der Waals surface area contributed by atoms with E-state index in [0.29, 0.717) is 27.2 Å². The lowest BCUT2D eigenvalue weighted by molar-refractivity contribution is -0.113. The Bertz CT molecular complexity index is 617. The van der Waals surface area contributed by atoms with Crippen LogP contribution < -0.4 is 11.1 Å². The molecule has 2 aromatic carbocycles. The van der Waals surface area contributed by atoms with Crippen LogP contribution in [0.4, 0.5) is 11.4 Å². The molecule has 0 heterocycles. The molecule has 0 unspecified atom stereocenters. The second-order valence-electron chi connectivity index (χ2n) is 4.03. The lowest BCUT2D eigenvalue weighted by Crippen LogP contribution is -2.14. The fourth-order valence-corrected chi connectivity index (χ4v) is 2.64. The summed E-state index contributed by atoms with van der Waals surface area (Å²) < 4.78 is 0. The van der Waals surface area contributed by atoms with Crippen molar-refractivity contribution in [3.63, 3.8) is 0 Å². The number of anilines is 2. The van der Waals surface area contributed by atoms with E-state index in [4.69, 9.17) is 28.9 Å². The van der Waals surface area contributed by atoms with Crippen LogP contribution in [0.3, 0.4) is 0 Å². The summed E-state index contributed by atoms with van der Waals surface area (Å²) in [4.78, 5) is 12.8. The largest absolute Gasteiger partial charge is 0.399 e. The summed E-state index contributed by atoms with van der Waals surface area (Å²) in [5.41, 5.74) is 6.85. The fourth-order valence-electron chi connectivity index (χ4n) is 1.49. The topological polar surface area (TPSA) is 55.1 Å². The zero-order valence-electron chi connectivity index (χ0n) is 10.4. The first-order valence-electron chi connectivity index (χ1n) is 5.78. The summed E-state index contributed by atoms with van der Waals surface area (Å²) in [5, 5.41) is 3.70. The Morgan fingerprint density at radius 2 is 1.85 bits per heavy atom. The average Bonchev–Trinajstić information content (AvgIpc) is 2.41. The fraction of sp³-hybridized carbons (Fsp3) is 0.0714. The Balaban J connectivity index is 1.90. The molecule has 3 N–H and O–H groups in total. The van der Waals surface area contributed by atoms with Crippen LogP contribution in [0.15, 0.2) is 47.4 Å². The average molecular weight is 327 g/mol. The van der Waals surface area contributed by atoms with Gasteiger partial charge in [0.25, 0.3) is 0 Å². The van der Waals surface area contributed by atoms with E-state index in [0.717, 1.165) is 4.90 Å². The van der Waals surface area contributed by atoms with Gasteiger partial charge in [0, 0.05) is 15.6 Å². The van der Waals surface area contributed by atoms with Gasteiger partial charge in [0.05, 0.1) is 16.5 Å². The molecule has 0 spiro atoms. The highest BCUT2D eigenvalue weighted by Crippen LogP contribution is 2.26. The molecule has 104 valence electrons. The molecule has 2 aromatic rings. The third-order valence-corrected chi connectivity index (χ3v) is 4.02. The van der Waals surface area contributed by atoms with Gasteiger partial charge in [0.2, 0.25) is 5.91 Å². The number of carbonyl (C=O) groups is 1. The lowest BCUT2D eigenvalue weighted by Gasteiger charge is -2.07. The number of hydrogen-bond donors (Lipinski definition) is 2. The highest BCUT2D eigenvalue weighted by Gasteiger charge is 2.07. The number of amides is 1. The van der Waals surface area contributed by atoms with Gasteiger partial charge in [0.15, 0.2) is 0 Å². The second kappa shape index (κ2) is 6.88. The van der Waals surface area contributed by atoms with Gasteiger partial charge in [-0.1, -0.05) is 23.2 Å². The van der Waals surface area contributed by atoms with Crippen LogP contribution in [-0.2, 0) is 4.79 Å². The van der Waals surface area contributed by atoms with E-state index in [1.165, 1.54) is 11.8 Å². The van der Waals surface area contributed by atoms with Gasteiger partial charge in [0.1, 0.15) is 0 Å². The molecule has 0 aromatic heterocycles. The number of nitrogen functional groups attached to an aromatic ring is 1. The van der Waals surface area contributed by atoms with Crippen LogP contribution in [0.25, 0.3) is 0 Å². The summed E-state index contributed by atoms with van der Waals surface area (Å²) in [7, 11) is 0. The first-order chi connectivity index (χ1) is 9.54. The van der Waals surface area contributed by atoms with Crippen molar-refractivity contribution in [3.05, 3.63) is 52.5 Å². The molecule has 0 aliphatic carbocycles. The Labute approximate surface area is 131 Å². The quantitative estimate of drug-likeness (QED) is 0.650. The van der Waals surface area contributed by atoms with Crippen molar-refractivity contribution in [1.29, 1.82) is 0 Å². The third kappa shape index (κ3) is 4.34. The maximum Gasteiger partial charge on any atom is 0.234 e. The van der Waals surface area contributed by atoms with Crippen molar-refractivity contribution in [2.75, 3.05) is 16.8 Å². The highest BCUT2D eigenvalue weighted by atomic mass is 35.5. The molecular formula is C14H12Cl2N2OS. The molecule has 0 bridgehead atoms. The number of nitrogens with one attached hydrogen (secondary N) is 1. The van der Waals surface area contributed by atoms with E-state index in [2.05, 4.69) is 5.32 Å². The number of benzene rings is 2. The maximum absolute atomic E-state index is 11.8. The minimum atomic E-state index is -0.129. The lowest BCUT2D eigenvalue weighted by atomic mass is 10.3. The van der Waals surface area contributed by atoms with Gasteiger partial charge in [-0.2, -0.15) is 0 Å². The zero-order valence-corrected chi connectivity index (χ0v) is 12.7. The van der Waals surface area contributed by atoms with Crippen molar-refractivity contribution in [3.8, 4) is 0 Å². The van der Waals surface area contributed by atoms with Crippen molar-refractivity contribution in [2.24, 2.45) is 0 Å². The van der Waals surface area contributed by atoms with E-state index in [1.54, 1.807) is 30.3 Å². The number of halogens is 2. The SMILES string of the molecule is Nc1ccc(SCC(=O)Nc2ccc(Cl)cc2Cl)cc1. The molecule has 0 fully saturated rings. The summed E-state index contributed by atoms with van der Waals surface area (Å²) in [6.45, 7) is 0. The van der Waals surface area contributed by atoms with Crippen molar-refractivity contribution in [2.45, 2.75) is 4.90 Å². The van der Waals surface area contributed by atoms with Crippen molar-refractivity contribution >= 4 is 52.2 Å². The zero-order chi connectivity index (χ0) is 14.5. The van der Waals surface area contributed by atoms with E-state index in [1.807, 2.05) is 12.1 Å². The first-order valence-corrected chi connectivity index (χ1v) is 7.52. The normalized spacial score (nSPS) is 10.3. The van der Waals surface area contributed by atoms with Crippen molar-refractivity contribution < 1.29 is 4.79 Å². The smallest absolute Gasteiger partial charge is 0.234 e. The molecule has 3 nitrogen and oxygen atoms in total. The summed E-state index contributed by atoms with van der Waals surface area (Å²) in [5.74, 6) is 0.166. The van der Waals surface area contributed by atoms with Crippen LogP contribution in [0.1, 0.15) is 0 Å². The molecule has 0 saturated carbocycles. The number of rotatable bonds is 4. The molecule has 2 rings (SSSR count). The van der Waals surface area contributed by atoms with E-state index < -0.39 is 0 Å². The molecule has 0 aliphatic rings. The number of nitrogens with two attached hydrogens (primary N) is 1. The second-order valence-corrected chi connectivity index (χ2v) is 5.92. The Hall–Kier alpha value is -1.36. The van der Waals surface area contributed by atoms with Crippen LogP contribution >= 0.6 is 35.0 Å². The monoisotopic (exact) mass is 326 g/mol.